The first-order valence-electron chi connectivity index (χ1n) is 1.72. The van der Waals surface area contributed by atoms with Gasteiger partial charge in [0, 0.05) is 17.1 Å². The van der Waals surface area contributed by atoms with Gasteiger partial charge in [0.05, 0.1) is 0 Å². The van der Waals surface area contributed by atoms with E-state index in [2.05, 4.69) is 11.5 Å². The molecule has 0 bridgehead atoms. The molecule has 6 nitrogen and oxygen atoms in total. The van der Waals surface area contributed by atoms with Crippen LogP contribution in [0.3, 0.4) is 0 Å². The van der Waals surface area contributed by atoms with Crippen LogP contribution in [0.5, 0.6) is 0 Å². The van der Waals surface area contributed by atoms with Gasteiger partial charge in [-0.3, -0.25) is 11.5 Å². The summed E-state index contributed by atoms with van der Waals surface area (Å²) in [5.74, 6) is -6.35. The van der Waals surface area contributed by atoms with Crippen LogP contribution in [0.4, 0.5) is 0 Å². The Morgan fingerprint density at radius 3 is 0.889 bits per heavy atom. The molecule has 0 atom stereocenters. The van der Waals surface area contributed by atoms with E-state index >= 15 is 0 Å². The third-order valence-electron chi connectivity index (χ3n) is 0.542. The first kappa shape index (κ1) is 12.0. The molecule has 0 saturated carbocycles. The molecule has 0 aromatic heterocycles. The molecule has 0 amide bonds. The second-order valence-corrected chi connectivity index (χ2v) is 1.45. The third kappa shape index (κ3) is 3.79. The fourth-order valence-electron chi connectivity index (χ4n) is 0. The van der Waals surface area contributed by atoms with Crippen LogP contribution >= 0.6 is 0 Å². The molecule has 1 radical (unpaired) electrons. The van der Waals surface area contributed by atoms with Crippen LogP contribution in [-0.2, 0) is 17.1 Å². The zero-order chi connectivity index (χ0) is 7.00. The number of nitrogens with two attached hydrogens (primary N) is 2. The number of aliphatic hydroxyl groups is 4. The fourth-order valence-corrected chi connectivity index (χ4v) is 0. The van der Waals surface area contributed by atoms with Crippen LogP contribution in [0.15, 0.2) is 0 Å². The normalized spacial score (nSPS) is 12.7. The molecule has 0 rings (SSSR count). The second-order valence-electron chi connectivity index (χ2n) is 1.45. The smallest absolute Gasteiger partial charge is 0.292 e. The molecule has 0 aliphatic heterocycles. The first-order valence-corrected chi connectivity index (χ1v) is 1.72. The topological polar surface area (TPSA) is 133 Å². The van der Waals surface area contributed by atoms with E-state index in [1.807, 2.05) is 0 Å². The van der Waals surface area contributed by atoms with E-state index in [-0.39, 0.29) is 17.1 Å². The summed E-state index contributed by atoms with van der Waals surface area (Å²) in [6.07, 6.45) is 0. The Bertz CT molecular complexity index is 71.5. The Labute approximate surface area is 61.6 Å². The average Bonchev–Trinajstić information content (AvgIpc) is 1.25. The van der Waals surface area contributed by atoms with E-state index in [1.165, 1.54) is 0 Å². The summed E-state index contributed by atoms with van der Waals surface area (Å²) >= 11 is 0. The molecule has 0 aliphatic rings. The van der Waals surface area contributed by atoms with Crippen molar-refractivity contribution < 1.29 is 37.5 Å². The first-order chi connectivity index (χ1) is 3.25. The van der Waals surface area contributed by atoms with Crippen LogP contribution in [0.2, 0.25) is 0 Å². The summed E-state index contributed by atoms with van der Waals surface area (Å²) in [7, 11) is 0. The standard InChI is InChI=1S/C2H8N2O4.Cu/c3-1(5,6)2(4,7)8;/h5-8H,3-4H2;. The van der Waals surface area contributed by atoms with Crippen LogP contribution in [0.1, 0.15) is 0 Å². The SMILES string of the molecule is NC(O)(O)C(N)(O)O.[Cu]. The minimum Gasteiger partial charge on any atom is -0.348 e. The maximum absolute atomic E-state index is 8.06. The Kier molecular flexibility index (Phi) is 3.88. The van der Waals surface area contributed by atoms with Crippen molar-refractivity contribution in [2.24, 2.45) is 11.5 Å². The summed E-state index contributed by atoms with van der Waals surface area (Å²) in [6, 6.07) is 0. The molecule has 0 aromatic carbocycles. The molecule has 0 saturated heterocycles. The molecule has 0 fully saturated rings. The molecule has 7 heteroatoms. The summed E-state index contributed by atoms with van der Waals surface area (Å²) in [6.45, 7) is 0. The van der Waals surface area contributed by atoms with Crippen molar-refractivity contribution in [2.45, 2.75) is 11.8 Å². The third-order valence-corrected chi connectivity index (χ3v) is 0.542. The van der Waals surface area contributed by atoms with Crippen molar-refractivity contribution in [3.05, 3.63) is 0 Å². The van der Waals surface area contributed by atoms with Crippen molar-refractivity contribution in [1.29, 1.82) is 0 Å². The minimum atomic E-state index is -3.17. The van der Waals surface area contributed by atoms with Crippen molar-refractivity contribution in [3.8, 4) is 0 Å². The van der Waals surface area contributed by atoms with Crippen LogP contribution in [0.25, 0.3) is 0 Å². The van der Waals surface area contributed by atoms with Gasteiger partial charge >= 0.3 is 0 Å². The van der Waals surface area contributed by atoms with Crippen molar-refractivity contribution in [3.63, 3.8) is 0 Å². The summed E-state index contributed by atoms with van der Waals surface area (Å²) in [5, 5.41) is 32.2. The average molecular weight is 188 g/mol. The maximum atomic E-state index is 8.06. The number of rotatable bonds is 1. The van der Waals surface area contributed by atoms with E-state index < -0.39 is 11.8 Å². The van der Waals surface area contributed by atoms with E-state index in [1.54, 1.807) is 0 Å². The summed E-state index contributed by atoms with van der Waals surface area (Å²) in [4.78, 5) is 0. The second kappa shape index (κ2) is 2.91. The van der Waals surface area contributed by atoms with Gasteiger partial charge in [-0.25, -0.2) is 0 Å². The van der Waals surface area contributed by atoms with Gasteiger partial charge in [0.2, 0.25) is 0 Å². The minimum absolute atomic E-state index is 0. The van der Waals surface area contributed by atoms with Gasteiger partial charge in [0.1, 0.15) is 0 Å². The Morgan fingerprint density at radius 2 is 0.889 bits per heavy atom. The van der Waals surface area contributed by atoms with Gasteiger partial charge in [-0.15, -0.1) is 0 Å². The van der Waals surface area contributed by atoms with E-state index in [0.717, 1.165) is 0 Å². The molecule has 0 aliphatic carbocycles. The van der Waals surface area contributed by atoms with E-state index in [9.17, 15) is 0 Å². The Hall–Kier alpha value is 0.279. The van der Waals surface area contributed by atoms with Crippen LogP contribution in [-0.4, -0.2) is 32.2 Å². The zero-order valence-corrected chi connectivity index (χ0v) is 5.19. The van der Waals surface area contributed by atoms with E-state index in [0.29, 0.717) is 0 Å². The summed E-state index contributed by atoms with van der Waals surface area (Å²) < 4.78 is 0. The van der Waals surface area contributed by atoms with Gasteiger partial charge in [-0.1, -0.05) is 0 Å². The quantitative estimate of drug-likeness (QED) is 0.184. The Balaban J connectivity index is 0. The summed E-state index contributed by atoms with van der Waals surface area (Å²) in [5.41, 5.74) is 8.60. The predicted molar refractivity (Wildman–Crippen MR) is 22.7 cm³/mol. The molecule has 8 N–H and O–H groups in total. The van der Waals surface area contributed by atoms with Crippen LogP contribution < -0.4 is 11.5 Å². The van der Waals surface area contributed by atoms with E-state index in [4.69, 9.17) is 20.4 Å². The van der Waals surface area contributed by atoms with Crippen molar-refractivity contribution in [2.75, 3.05) is 0 Å². The largest absolute Gasteiger partial charge is 0.348 e. The molecule has 0 heterocycles. The molecule has 9 heavy (non-hydrogen) atoms. The molecule has 61 valence electrons. The maximum Gasteiger partial charge on any atom is 0.292 e. The predicted octanol–water partition coefficient (Wildman–Crippen LogP) is -3.82. The molecule has 0 aromatic rings. The van der Waals surface area contributed by atoms with Gasteiger partial charge < -0.3 is 20.4 Å². The number of hydrogen-bond donors (Lipinski definition) is 6. The van der Waals surface area contributed by atoms with Crippen molar-refractivity contribution in [1.82, 2.24) is 0 Å². The Morgan fingerprint density at radius 1 is 0.778 bits per heavy atom. The molecule has 0 spiro atoms. The van der Waals surface area contributed by atoms with Crippen molar-refractivity contribution >= 4 is 0 Å². The van der Waals surface area contributed by atoms with Gasteiger partial charge in [-0.2, -0.15) is 0 Å². The molecular formula is C2H8CuN2O4. The van der Waals surface area contributed by atoms with Gasteiger partial charge in [0.15, 0.2) is 0 Å². The van der Waals surface area contributed by atoms with Crippen LogP contribution in [0, 0.1) is 0 Å². The number of hydrogen-bond acceptors (Lipinski definition) is 6. The monoisotopic (exact) mass is 187 g/mol. The molecular weight excluding hydrogens is 180 g/mol. The zero-order valence-electron chi connectivity index (χ0n) is 4.25. The fraction of sp³-hybridized carbons (Fsp3) is 1.00. The van der Waals surface area contributed by atoms with Gasteiger partial charge in [0.25, 0.3) is 11.8 Å². The van der Waals surface area contributed by atoms with Gasteiger partial charge in [-0.05, 0) is 0 Å². The molecule has 0 unspecified atom stereocenters.